The van der Waals surface area contributed by atoms with Crippen LogP contribution in [0.25, 0.3) is 33.3 Å². The lowest BCUT2D eigenvalue weighted by atomic mass is 9.84. The molecule has 2 aliphatic rings. The van der Waals surface area contributed by atoms with Crippen LogP contribution in [-0.4, -0.2) is 68.5 Å². The summed E-state index contributed by atoms with van der Waals surface area (Å²) in [6.45, 7) is 15.0. The quantitative estimate of drug-likeness (QED) is 0.199. The Morgan fingerprint density at radius 1 is 1.12 bits per heavy atom. The van der Waals surface area contributed by atoms with Crippen molar-refractivity contribution in [3.63, 3.8) is 0 Å². The van der Waals surface area contributed by atoms with E-state index < -0.39 is 41.1 Å². The van der Waals surface area contributed by atoms with E-state index in [-0.39, 0.29) is 18.8 Å². The number of carbonyl (C=O) groups is 3. The molecule has 52 heavy (non-hydrogen) atoms. The Morgan fingerprint density at radius 3 is 2.63 bits per heavy atom. The van der Waals surface area contributed by atoms with E-state index in [9.17, 15) is 19.5 Å². The Hall–Kier alpha value is -4.90. The Kier molecular flexibility index (Phi) is 10.4. The maximum atomic E-state index is 14.1. The van der Waals surface area contributed by atoms with Crippen LogP contribution in [0.15, 0.2) is 54.9 Å². The highest BCUT2D eigenvalue weighted by Gasteiger charge is 2.36. The van der Waals surface area contributed by atoms with Crippen LogP contribution in [0.2, 0.25) is 0 Å². The van der Waals surface area contributed by atoms with Gasteiger partial charge in [0.2, 0.25) is 0 Å². The maximum absolute atomic E-state index is 14.1. The summed E-state index contributed by atoms with van der Waals surface area (Å²) in [7, 11) is 0. The van der Waals surface area contributed by atoms with E-state index in [2.05, 4.69) is 72.3 Å². The summed E-state index contributed by atoms with van der Waals surface area (Å²) in [5, 5.41) is 16.2. The number of ether oxygens (including phenoxy) is 2. The number of nitrogens with zero attached hydrogens (tertiary/aromatic N) is 3. The van der Waals surface area contributed by atoms with Crippen molar-refractivity contribution in [2.45, 2.75) is 105 Å². The molecule has 0 aliphatic carbocycles. The van der Waals surface area contributed by atoms with Crippen molar-refractivity contribution in [3.05, 3.63) is 71.5 Å². The molecule has 1 saturated heterocycles. The van der Waals surface area contributed by atoms with Gasteiger partial charge < -0.3 is 24.5 Å². The van der Waals surface area contributed by atoms with E-state index >= 15 is 0 Å². The molecule has 0 unspecified atom stereocenters. The number of fused-ring (bicyclic) bond motifs is 6. The molecule has 6 rings (SSSR count). The standard InChI is InChI=1S/C41H51N5O6/c1-8-26-14-15-42-23-32(26)36-31-22-41(6,7)24-51-38(49)33-11-10-16-46(44-33)37(48)34(43-39(50)52-40(3,4)5)19-25-17-28(20-29(47)18-25)27-12-13-35(30(31)21-27)45(36)9-2/h12-15,17-18,20-21,23,33-34,44,47H,8-11,16,19,22,24H2,1-7H3,(H,43,50)/t33-,34-/m0/s1. The van der Waals surface area contributed by atoms with Gasteiger partial charge in [0.05, 0.1) is 12.3 Å². The van der Waals surface area contributed by atoms with Crippen molar-refractivity contribution in [2.24, 2.45) is 5.41 Å². The average molecular weight is 710 g/mol. The largest absolute Gasteiger partial charge is 0.508 e. The molecule has 3 N–H and O–H groups in total. The molecular weight excluding hydrogens is 658 g/mol. The molecule has 1 fully saturated rings. The molecule has 11 nitrogen and oxygen atoms in total. The van der Waals surface area contributed by atoms with Crippen LogP contribution in [0.4, 0.5) is 4.79 Å². The smallest absolute Gasteiger partial charge is 0.408 e. The summed E-state index contributed by atoms with van der Waals surface area (Å²) >= 11 is 0. The van der Waals surface area contributed by atoms with Gasteiger partial charge in [-0.3, -0.25) is 19.6 Å². The summed E-state index contributed by atoms with van der Waals surface area (Å²) in [6.07, 6.45) is 5.65. The van der Waals surface area contributed by atoms with Gasteiger partial charge >= 0.3 is 12.1 Å². The number of pyridine rings is 1. The number of aromatic hydroxyl groups is 1. The lowest BCUT2D eigenvalue weighted by Crippen LogP contribution is -2.60. The number of aromatic nitrogens is 2. The highest BCUT2D eigenvalue weighted by atomic mass is 16.6. The molecule has 276 valence electrons. The third-order valence-electron chi connectivity index (χ3n) is 9.77. The summed E-state index contributed by atoms with van der Waals surface area (Å²) in [6, 6.07) is 11.9. The fourth-order valence-electron chi connectivity index (χ4n) is 7.41. The van der Waals surface area contributed by atoms with Crippen LogP contribution in [0.5, 0.6) is 5.75 Å². The first-order valence-electron chi connectivity index (χ1n) is 18.3. The van der Waals surface area contributed by atoms with E-state index in [1.165, 1.54) is 10.6 Å². The number of hydrogen-bond donors (Lipinski definition) is 3. The SMILES string of the molecule is CCc1ccncc1-c1c2c3cc(ccc3n1CC)-c1cc(O)cc(c1)C[C@H](NC(=O)OC(C)(C)C)C(=O)N1CCC[C@H](N1)C(=O)OCC(C)(C)C2. The molecule has 0 radical (unpaired) electrons. The first-order chi connectivity index (χ1) is 24.7. The number of carbonyl (C=O) groups excluding carboxylic acids is 3. The molecule has 2 aromatic heterocycles. The maximum Gasteiger partial charge on any atom is 0.408 e. The number of hydrogen-bond acceptors (Lipinski definition) is 8. The molecular formula is C41H51N5O6. The van der Waals surface area contributed by atoms with Crippen LogP contribution >= 0.6 is 0 Å². The number of cyclic esters (lactones) is 1. The van der Waals surface area contributed by atoms with Crippen LogP contribution in [-0.2, 0) is 44.9 Å². The van der Waals surface area contributed by atoms with Gasteiger partial charge in [0, 0.05) is 53.8 Å². The molecule has 0 spiro atoms. The predicted octanol–water partition coefficient (Wildman–Crippen LogP) is 6.72. The number of aryl methyl sites for hydroxylation is 2. The van der Waals surface area contributed by atoms with Gasteiger partial charge in [-0.2, -0.15) is 0 Å². The van der Waals surface area contributed by atoms with E-state index in [1.807, 2.05) is 18.5 Å². The van der Waals surface area contributed by atoms with Gasteiger partial charge in [-0.25, -0.2) is 10.2 Å². The Labute approximate surface area is 305 Å². The highest BCUT2D eigenvalue weighted by molar-refractivity contribution is 5.95. The van der Waals surface area contributed by atoms with Crippen molar-refractivity contribution in [3.8, 4) is 28.1 Å². The molecule has 0 saturated carbocycles. The lowest BCUT2D eigenvalue weighted by molar-refractivity contribution is -0.155. The minimum absolute atomic E-state index is 0.0421. The van der Waals surface area contributed by atoms with Gasteiger partial charge in [-0.05, 0) is 112 Å². The van der Waals surface area contributed by atoms with Crippen LogP contribution in [0.3, 0.4) is 0 Å². The Balaban J connectivity index is 1.53. The molecule has 2 atom stereocenters. The summed E-state index contributed by atoms with van der Waals surface area (Å²) in [5.41, 5.74) is 9.74. The number of benzene rings is 2. The van der Waals surface area contributed by atoms with Gasteiger partial charge in [0.1, 0.15) is 23.4 Å². The topological polar surface area (TPSA) is 135 Å². The van der Waals surface area contributed by atoms with E-state index in [4.69, 9.17) is 9.47 Å². The molecule has 6 bridgehead atoms. The zero-order chi connectivity index (χ0) is 37.4. The van der Waals surface area contributed by atoms with E-state index in [0.717, 1.165) is 51.8 Å². The summed E-state index contributed by atoms with van der Waals surface area (Å²) < 4.78 is 13.9. The summed E-state index contributed by atoms with van der Waals surface area (Å²) in [5.74, 6) is -0.809. The third kappa shape index (κ3) is 7.94. The molecule has 11 heteroatoms. The number of phenols is 1. The number of nitrogens with one attached hydrogen (secondary N) is 2. The van der Waals surface area contributed by atoms with E-state index in [0.29, 0.717) is 31.4 Å². The number of alkyl carbamates (subject to hydrolysis) is 1. The number of esters is 1. The number of rotatable bonds is 4. The summed E-state index contributed by atoms with van der Waals surface area (Å²) in [4.78, 5) is 45.2. The Bertz CT molecular complexity index is 1990. The van der Waals surface area contributed by atoms with Crippen molar-refractivity contribution in [1.82, 2.24) is 25.3 Å². The van der Waals surface area contributed by atoms with Crippen LogP contribution < -0.4 is 10.7 Å². The molecule has 2 aliphatic heterocycles. The number of hydrazine groups is 1. The van der Waals surface area contributed by atoms with Gasteiger partial charge in [0.15, 0.2) is 0 Å². The number of phenolic OH excluding ortho intramolecular Hbond substituents is 1. The zero-order valence-electron chi connectivity index (χ0n) is 31.3. The normalized spacial score (nSPS) is 19.6. The minimum atomic E-state index is -1.05. The third-order valence-corrected chi connectivity index (χ3v) is 9.77. The van der Waals surface area contributed by atoms with Crippen LogP contribution in [0, 0.1) is 5.41 Å². The second-order valence-corrected chi connectivity index (χ2v) is 15.7. The second kappa shape index (κ2) is 14.6. The Morgan fingerprint density at radius 2 is 1.90 bits per heavy atom. The molecule has 4 heterocycles. The van der Waals surface area contributed by atoms with Gasteiger partial charge in [0.25, 0.3) is 5.91 Å². The number of amides is 2. The van der Waals surface area contributed by atoms with Gasteiger partial charge in [-0.1, -0.05) is 32.9 Å². The highest BCUT2D eigenvalue weighted by Crippen LogP contribution is 2.41. The average Bonchev–Trinajstić information content (AvgIpc) is 3.40. The molecule has 2 aromatic carbocycles. The minimum Gasteiger partial charge on any atom is -0.508 e. The predicted molar refractivity (Wildman–Crippen MR) is 200 cm³/mol. The monoisotopic (exact) mass is 709 g/mol. The molecule has 2 amide bonds. The lowest BCUT2D eigenvalue weighted by Gasteiger charge is -2.35. The van der Waals surface area contributed by atoms with Gasteiger partial charge in [-0.15, -0.1) is 0 Å². The second-order valence-electron chi connectivity index (χ2n) is 15.7. The van der Waals surface area contributed by atoms with Crippen molar-refractivity contribution in [1.29, 1.82) is 0 Å². The van der Waals surface area contributed by atoms with E-state index in [1.54, 1.807) is 32.9 Å². The first-order valence-corrected chi connectivity index (χ1v) is 18.3. The first kappa shape index (κ1) is 36.9. The fraction of sp³-hybridized carbons (Fsp3) is 0.463. The zero-order valence-corrected chi connectivity index (χ0v) is 31.3. The van der Waals surface area contributed by atoms with Crippen molar-refractivity contribution < 1.29 is 29.0 Å². The van der Waals surface area contributed by atoms with Crippen LogP contribution in [0.1, 0.15) is 78.0 Å². The fourth-order valence-corrected chi connectivity index (χ4v) is 7.41. The van der Waals surface area contributed by atoms with Crippen molar-refractivity contribution in [2.75, 3.05) is 13.2 Å². The molecule has 4 aromatic rings. The van der Waals surface area contributed by atoms with Crippen molar-refractivity contribution >= 4 is 28.9 Å².